The summed E-state index contributed by atoms with van der Waals surface area (Å²) < 4.78 is 9.22. The molecule has 0 saturated carbocycles. The zero-order valence-corrected chi connectivity index (χ0v) is 13.5. The Bertz CT molecular complexity index is 624. The number of carbonyl (C=O) groups excluding carboxylic acids is 4. The molecule has 24 heavy (non-hydrogen) atoms. The van der Waals surface area contributed by atoms with Crippen LogP contribution in [0.5, 0.6) is 0 Å². The summed E-state index contributed by atoms with van der Waals surface area (Å²) in [5.74, 6) is -4.61. The van der Waals surface area contributed by atoms with E-state index in [2.05, 4.69) is 10.1 Å². The Morgan fingerprint density at radius 1 is 1.00 bits per heavy atom. The van der Waals surface area contributed by atoms with Crippen molar-refractivity contribution in [3.63, 3.8) is 0 Å². The van der Waals surface area contributed by atoms with E-state index < -0.39 is 36.0 Å². The molecule has 8 heteroatoms. The number of rotatable bonds is 7. The molecule has 0 radical (unpaired) electrons. The van der Waals surface area contributed by atoms with Gasteiger partial charge in [0.15, 0.2) is 6.10 Å². The van der Waals surface area contributed by atoms with E-state index in [0.29, 0.717) is 0 Å². The summed E-state index contributed by atoms with van der Waals surface area (Å²) in [6, 6.07) is 7.24. The molecule has 0 heterocycles. The van der Waals surface area contributed by atoms with E-state index in [9.17, 15) is 24.3 Å². The molecule has 0 aliphatic carbocycles. The molecule has 0 spiro atoms. The van der Waals surface area contributed by atoms with E-state index in [0.717, 1.165) is 25.0 Å². The lowest BCUT2D eigenvalue weighted by Crippen LogP contribution is -2.53. The molecule has 0 unspecified atom stereocenters. The Hall–Kier alpha value is -2.90. The number of aliphatic carboxylic acids is 1. The van der Waals surface area contributed by atoms with Crippen LogP contribution >= 0.6 is 0 Å². The molecule has 0 aliphatic rings. The lowest BCUT2D eigenvalue weighted by atomic mass is 10.1. The Balaban J connectivity index is 2.86. The van der Waals surface area contributed by atoms with Crippen LogP contribution < -0.4 is 10.4 Å². The number of ether oxygens (including phenoxy) is 2. The maximum atomic E-state index is 12.2. The predicted octanol–water partition coefficient (Wildman–Crippen LogP) is -0.775. The average molecular weight is 336 g/mol. The number of hydrogen-bond donors (Lipinski definition) is 1. The van der Waals surface area contributed by atoms with Gasteiger partial charge in [-0.25, -0.2) is 0 Å². The SMILES string of the molecule is CC(=O)O[C@H](C(=O)[O-])[C@H](OC(C)=O)C(=O)NCc1ccc(C)cc1. The third kappa shape index (κ3) is 6.07. The number of benzene rings is 1. The van der Waals surface area contributed by atoms with Gasteiger partial charge in [-0.1, -0.05) is 29.8 Å². The number of aryl methyl sites for hydroxylation is 1. The van der Waals surface area contributed by atoms with Crippen LogP contribution in [0.2, 0.25) is 0 Å². The second-order valence-electron chi connectivity index (χ2n) is 5.08. The molecular formula is C16H18NO7-. The van der Waals surface area contributed by atoms with Crippen molar-refractivity contribution < 1.29 is 33.8 Å². The second-order valence-corrected chi connectivity index (χ2v) is 5.08. The first-order valence-electron chi connectivity index (χ1n) is 7.09. The van der Waals surface area contributed by atoms with Crippen molar-refractivity contribution in [1.82, 2.24) is 5.32 Å². The van der Waals surface area contributed by atoms with E-state index in [1.807, 2.05) is 19.1 Å². The summed E-state index contributed by atoms with van der Waals surface area (Å²) in [7, 11) is 0. The number of esters is 2. The van der Waals surface area contributed by atoms with Crippen LogP contribution in [0.4, 0.5) is 0 Å². The number of nitrogens with one attached hydrogen (secondary N) is 1. The van der Waals surface area contributed by atoms with Gasteiger partial charge in [0.05, 0.1) is 5.97 Å². The van der Waals surface area contributed by atoms with Gasteiger partial charge < -0.3 is 24.7 Å². The maximum absolute atomic E-state index is 12.2. The molecule has 1 rings (SSSR count). The first kappa shape index (κ1) is 19.1. The van der Waals surface area contributed by atoms with Crippen LogP contribution in [-0.2, 0) is 35.2 Å². The lowest BCUT2D eigenvalue weighted by molar-refractivity contribution is -0.318. The maximum Gasteiger partial charge on any atom is 0.303 e. The third-order valence-electron chi connectivity index (χ3n) is 2.94. The van der Waals surface area contributed by atoms with Crippen molar-refractivity contribution in [2.24, 2.45) is 0 Å². The summed E-state index contributed by atoms with van der Waals surface area (Å²) >= 11 is 0. The van der Waals surface area contributed by atoms with Gasteiger partial charge in [-0.3, -0.25) is 14.4 Å². The van der Waals surface area contributed by atoms with Gasteiger partial charge in [0.25, 0.3) is 5.91 Å². The molecular weight excluding hydrogens is 318 g/mol. The Morgan fingerprint density at radius 3 is 1.96 bits per heavy atom. The van der Waals surface area contributed by atoms with Gasteiger partial charge >= 0.3 is 11.9 Å². The minimum Gasteiger partial charge on any atom is -0.546 e. The summed E-state index contributed by atoms with van der Waals surface area (Å²) in [4.78, 5) is 45.4. The standard InChI is InChI=1S/C16H19NO7/c1-9-4-6-12(7-5-9)8-17-15(20)13(23-10(2)18)14(16(21)22)24-11(3)19/h4-7,13-14H,8H2,1-3H3,(H,17,20)(H,21,22)/p-1/t13-,14-/m0/s1. The van der Waals surface area contributed by atoms with E-state index in [4.69, 9.17) is 4.74 Å². The number of carbonyl (C=O) groups is 4. The zero-order chi connectivity index (χ0) is 18.3. The Morgan fingerprint density at radius 2 is 1.50 bits per heavy atom. The first-order valence-corrected chi connectivity index (χ1v) is 7.09. The smallest absolute Gasteiger partial charge is 0.303 e. The van der Waals surface area contributed by atoms with Crippen molar-refractivity contribution in [3.05, 3.63) is 35.4 Å². The normalized spacial score (nSPS) is 12.6. The third-order valence-corrected chi connectivity index (χ3v) is 2.94. The molecule has 0 saturated heterocycles. The lowest BCUT2D eigenvalue weighted by Gasteiger charge is -2.26. The molecule has 0 aliphatic heterocycles. The van der Waals surface area contributed by atoms with Crippen molar-refractivity contribution in [2.75, 3.05) is 0 Å². The summed E-state index contributed by atoms with van der Waals surface area (Å²) in [6.07, 6.45) is -3.88. The second kappa shape index (κ2) is 8.66. The molecule has 1 N–H and O–H groups in total. The minimum atomic E-state index is -2.04. The molecule has 0 aromatic heterocycles. The molecule has 1 aromatic rings. The van der Waals surface area contributed by atoms with Crippen LogP contribution in [0, 0.1) is 6.92 Å². The van der Waals surface area contributed by atoms with Crippen molar-refractivity contribution in [1.29, 1.82) is 0 Å². The van der Waals surface area contributed by atoms with Crippen LogP contribution in [0.15, 0.2) is 24.3 Å². The largest absolute Gasteiger partial charge is 0.546 e. The van der Waals surface area contributed by atoms with Crippen molar-refractivity contribution in [2.45, 2.75) is 39.5 Å². The van der Waals surface area contributed by atoms with Gasteiger partial charge in [0.2, 0.25) is 6.10 Å². The van der Waals surface area contributed by atoms with Crippen LogP contribution in [0.3, 0.4) is 0 Å². The van der Waals surface area contributed by atoms with Crippen molar-refractivity contribution in [3.8, 4) is 0 Å². The monoisotopic (exact) mass is 336 g/mol. The van der Waals surface area contributed by atoms with Crippen LogP contribution in [0.25, 0.3) is 0 Å². The van der Waals surface area contributed by atoms with Gasteiger partial charge in [0, 0.05) is 20.4 Å². The number of hydrogen-bond acceptors (Lipinski definition) is 7. The van der Waals surface area contributed by atoms with Gasteiger partial charge in [-0.2, -0.15) is 0 Å². The summed E-state index contributed by atoms with van der Waals surface area (Å²) in [6.45, 7) is 3.95. The highest BCUT2D eigenvalue weighted by atomic mass is 16.6. The highest BCUT2D eigenvalue weighted by molar-refractivity contribution is 5.90. The van der Waals surface area contributed by atoms with E-state index in [-0.39, 0.29) is 6.54 Å². The zero-order valence-electron chi connectivity index (χ0n) is 13.5. The van der Waals surface area contributed by atoms with E-state index in [1.54, 1.807) is 12.1 Å². The fourth-order valence-electron chi connectivity index (χ4n) is 1.84. The number of carboxylic acids is 1. The van der Waals surface area contributed by atoms with Gasteiger partial charge in [0.1, 0.15) is 0 Å². The predicted molar refractivity (Wildman–Crippen MR) is 79.1 cm³/mol. The molecule has 2 atom stereocenters. The summed E-state index contributed by atoms with van der Waals surface area (Å²) in [5, 5.41) is 13.5. The molecule has 1 amide bonds. The Labute approximate surface area is 138 Å². The molecule has 1 aromatic carbocycles. The number of carboxylic acid groups (broad SMARTS) is 1. The first-order chi connectivity index (χ1) is 11.2. The topological polar surface area (TPSA) is 122 Å². The Kier molecular flexibility index (Phi) is 6.91. The minimum absolute atomic E-state index is 0.0801. The van der Waals surface area contributed by atoms with E-state index in [1.165, 1.54) is 0 Å². The fourth-order valence-corrected chi connectivity index (χ4v) is 1.84. The van der Waals surface area contributed by atoms with Crippen LogP contribution in [-0.4, -0.2) is 36.0 Å². The quantitative estimate of drug-likeness (QED) is 0.648. The molecule has 130 valence electrons. The average Bonchev–Trinajstić information content (AvgIpc) is 2.49. The summed E-state index contributed by atoms with van der Waals surface area (Å²) in [5.41, 5.74) is 1.79. The van der Waals surface area contributed by atoms with Gasteiger partial charge in [-0.15, -0.1) is 0 Å². The van der Waals surface area contributed by atoms with Crippen LogP contribution in [0.1, 0.15) is 25.0 Å². The number of amides is 1. The molecule has 0 bridgehead atoms. The molecule has 0 fully saturated rings. The highest BCUT2D eigenvalue weighted by Gasteiger charge is 2.34. The van der Waals surface area contributed by atoms with E-state index >= 15 is 0 Å². The van der Waals surface area contributed by atoms with Crippen molar-refractivity contribution >= 4 is 23.8 Å². The molecule has 8 nitrogen and oxygen atoms in total. The fraction of sp³-hybridized carbons (Fsp3) is 0.375. The van der Waals surface area contributed by atoms with Gasteiger partial charge in [-0.05, 0) is 12.5 Å². The highest BCUT2D eigenvalue weighted by Crippen LogP contribution is 2.08.